The van der Waals surface area contributed by atoms with Crippen molar-refractivity contribution >= 4 is 11.0 Å². The van der Waals surface area contributed by atoms with Crippen LogP contribution in [0.25, 0.3) is 22.2 Å². The lowest BCUT2D eigenvalue weighted by Gasteiger charge is -2.23. The van der Waals surface area contributed by atoms with Crippen molar-refractivity contribution in [3.8, 4) is 22.9 Å². The highest BCUT2D eigenvalue weighted by Gasteiger charge is 2.17. The third kappa shape index (κ3) is 3.71. The summed E-state index contributed by atoms with van der Waals surface area (Å²) >= 11 is 0. The number of hydrogen-bond donors (Lipinski definition) is 1. The fraction of sp³-hybridized carbons (Fsp3) is 0.333. The fourth-order valence-electron chi connectivity index (χ4n) is 3.06. The van der Waals surface area contributed by atoms with Gasteiger partial charge in [-0.1, -0.05) is 19.9 Å². The largest absolute Gasteiger partial charge is 0.489 e. The zero-order valence-electron chi connectivity index (χ0n) is 15.2. The van der Waals surface area contributed by atoms with Gasteiger partial charge in [-0.2, -0.15) is 5.26 Å². The molecule has 0 unspecified atom stereocenters. The van der Waals surface area contributed by atoms with Gasteiger partial charge in [0.2, 0.25) is 0 Å². The van der Waals surface area contributed by atoms with Gasteiger partial charge in [-0.25, -0.2) is 4.98 Å². The van der Waals surface area contributed by atoms with E-state index >= 15 is 0 Å². The summed E-state index contributed by atoms with van der Waals surface area (Å²) in [7, 11) is 0. The molecule has 2 aromatic heterocycles. The van der Waals surface area contributed by atoms with Gasteiger partial charge in [0.25, 0.3) is 0 Å². The molecule has 1 fully saturated rings. The summed E-state index contributed by atoms with van der Waals surface area (Å²) in [4.78, 5) is 7.47. The SMILES string of the molecule is CC.N#Cc1cc(-c2c[nH]c3ncccc23)ccc1OC1CCOCC1. The minimum absolute atomic E-state index is 0.119. The molecule has 1 aliphatic rings. The molecule has 1 aromatic carbocycles. The number of rotatable bonds is 3. The number of aromatic nitrogens is 2. The highest BCUT2D eigenvalue weighted by Crippen LogP contribution is 2.32. The van der Waals surface area contributed by atoms with Crippen molar-refractivity contribution < 1.29 is 9.47 Å². The summed E-state index contributed by atoms with van der Waals surface area (Å²) in [5.74, 6) is 0.645. The third-order valence-corrected chi connectivity index (χ3v) is 4.32. The van der Waals surface area contributed by atoms with E-state index in [1.165, 1.54) is 0 Å². The van der Waals surface area contributed by atoms with E-state index in [2.05, 4.69) is 16.0 Å². The average molecular weight is 349 g/mol. The Hall–Kier alpha value is -2.84. The molecule has 3 aromatic rings. The molecule has 0 amide bonds. The highest BCUT2D eigenvalue weighted by atomic mass is 16.5. The second kappa shape index (κ2) is 8.50. The number of nitriles is 1. The van der Waals surface area contributed by atoms with Crippen LogP contribution in [0, 0.1) is 11.3 Å². The monoisotopic (exact) mass is 349 g/mol. The molecule has 3 heterocycles. The standard InChI is InChI=1S/C19H17N3O2.C2H6/c20-11-14-10-13(17-12-22-19-16(17)2-1-7-21-19)3-4-18(14)24-15-5-8-23-9-6-15;1-2/h1-4,7,10,12,15H,5-6,8-9H2,(H,21,22);1-2H3. The summed E-state index contributed by atoms with van der Waals surface area (Å²) in [6, 6.07) is 11.9. The zero-order chi connectivity index (χ0) is 18.4. The number of aromatic amines is 1. The molecular formula is C21H23N3O2. The number of ether oxygens (including phenoxy) is 2. The van der Waals surface area contributed by atoms with Gasteiger partial charge in [0.05, 0.1) is 18.8 Å². The van der Waals surface area contributed by atoms with Crippen molar-refractivity contribution in [2.24, 2.45) is 0 Å². The first kappa shape index (κ1) is 18.0. The van der Waals surface area contributed by atoms with Crippen LogP contribution >= 0.6 is 0 Å². The van der Waals surface area contributed by atoms with Crippen molar-refractivity contribution in [2.75, 3.05) is 13.2 Å². The molecule has 0 spiro atoms. The molecule has 0 atom stereocenters. The van der Waals surface area contributed by atoms with Gasteiger partial charge in [-0.05, 0) is 29.8 Å². The molecule has 0 radical (unpaired) electrons. The number of nitrogens with zero attached hydrogens (tertiary/aromatic N) is 2. The summed E-state index contributed by atoms with van der Waals surface area (Å²) in [5, 5.41) is 10.5. The van der Waals surface area contributed by atoms with Gasteiger partial charge in [-0.15, -0.1) is 0 Å². The van der Waals surface area contributed by atoms with E-state index in [0.717, 1.165) is 35.0 Å². The molecule has 1 aliphatic heterocycles. The quantitative estimate of drug-likeness (QED) is 0.745. The van der Waals surface area contributed by atoms with Crippen molar-refractivity contribution in [1.29, 1.82) is 5.26 Å². The molecule has 1 N–H and O–H groups in total. The van der Waals surface area contributed by atoms with Crippen LogP contribution in [0.5, 0.6) is 5.75 Å². The van der Waals surface area contributed by atoms with E-state index in [4.69, 9.17) is 9.47 Å². The van der Waals surface area contributed by atoms with Crippen LogP contribution in [0.2, 0.25) is 0 Å². The van der Waals surface area contributed by atoms with Crippen LogP contribution in [-0.2, 0) is 4.74 Å². The number of benzene rings is 1. The van der Waals surface area contributed by atoms with Crippen molar-refractivity contribution in [1.82, 2.24) is 9.97 Å². The molecule has 0 aliphatic carbocycles. The molecule has 0 bridgehead atoms. The van der Waals surface area contributed by atoms with Gasteiger partial charge in [0.15, 0.2) is 0 Å². The Morgan fingerprint density at radius 1 is 1.23 bits per heavy atom. The first-order chi connectivity index (χ1) is 12.8. The Kier molecular flexibility index (Phi) is 5.88. The summed E-state index contributed by atoms with van der Waals surface area (Å²) in [5.41, 5.74) is 3.41. The topological polar surface area (TPSA) is 70.9 Å². The van der Waals surface area contributed by atoms with E-state index < -0.39 is 0 Å². The maximum absolute atomic E-state index is 9.51. The van der Waals surface area contributed by atoms with Crippen LogP contribution in [0.15, 0.2) is 42.7 Å². The smallest absolute Gasteiger partial charge is 0.137 e. The molecule has 4 rings (SSSR count). The van der Waals surface area contributed by atoms with Crippen LogP contribution in [0.3, 0.4) is 0 Å². The maximum atomic E-state index is 9.51. The summed E-state index contributed by atoms with van der Waals surface area (Å²) in [6.45, 7) is 5.43. The van der Waals surface area contributed by atoms with Crippen LogP contribution in [0.4, 0.5) is 0 Å². The van der Waals surface area contributed by atoms with E-state index in [0.29, 0.717) is 24.5 Å². The molecule has 1 saturated heterocycles. The molecule has 0 saturated carbocycles. The number of pyridine rings is 1. The van der Waals surface area contributed by atoms with Crippen LogP contribution < -0.4 is 4.74 Å². The Balaban J connectivity index is 0.000000948. The van der Waals surface area contributed by atoms with Gasteiger partial charge >= 0.3 is 0 Å². The number of fused-ring (bicyclic) bond motifs is 1. The Morgan fingerprint density at radius 3 is 2.81 bits per heavy atom. The minimum atomic E-state index is 0.119. The summed E-state index contributed by atoms with van der Waals surface area (Å²) < 4.78 is 11.4. The van der Waals surface area contributed by atoms with E-state index in [-0.39, 0.29) is 6.10 Å². The van der Waals surface area contributed by atoms with Crippen molar-refractivity contribution in [3.63, 3.8) is 0 Å². The first-order valence-corrected chi connectivity index (χ1v) is 9.06. The zero-order valence-corrected chi connectivity index (χ0v) is 15.2. The Bertz CT molecular complexity index is 905. The minimum Gasteiger partial charge on any atom is -0.489 e. The normalized spacial score (nSPS) is 14.3. The average Bonchev–Trinajstić information content (AvgIpc) is 3.15. The predicted octanol–water partition coefficient (Wildman–Crippen LogP) is 4.69. The lowest BCUT2D eigenvalue weighted by atomic mass is 10.0. The third-order valence-electron chi connectivity index (χ3n) is 4.32. The fourth-order valence-corrected chi connectivity index (χ4v) is 3.06. The lowest BCUT2D eigenvalue weighted by molar-refractivity contribution is 0.0254. The van der Waals surface area contributed by atoms with E-state index in [1.807, 2.05) is 50.4 Å². The number of nitrogens with one attached hydrogen (secondary N) is 1. The Morgan fingerprint density at radius 2 is 2.04 bits per heavy atom. The summed E-state index contributed by atoms with van der Waals surface area (Å²) in [6.07, 6.45) is 5.52. The molecule has 5 nitrogen and oxygen atoms in total. The highest BCUT2D eigenvalue weighted by molar-refractivity contribution is 5.93. The molecule has 26 heavy (non-hydrogen) atoms. The van der Waals surface area contributed by atoms with E-state index in [1.54, 1.807) is 6.20 Å². The Labute approximate surface area is 153 Å². The van der Waals surface area contributed by atoms with Crippen molar-refractivity contribution in [3.05, 3.63) is 48.3 Å². The number of H-pyrrole nitrogens is 1. The van der Waals surface area contributed by atoms with Crippen LogP contribution in [0.1, 0.15) is 32.3 Å². The van der Waals surface area contributed by atoms with E-state index in [9.17, 15) is 5.26 Å². The second-order valence-electron chi connectivity index (χ2n) is 5.85. The van der Waals surface area contributed by atoms with Gasteiger partial charge in [0.1, 0.15) is 23.6 Å². The van der Waals surface area contributed by atoms with Gasteiger partial charge in [-0.3, -0.25) is 0 Å². The molecule has 5 heteroatoms. The van der Waals surface area contributed by atoms with Gasteiger partial charge in [0, 0.05) is 36.2 Å². The predicted molar refractivity (Wildman–Crippen MR) is 102 cm³/mol. The van der Waals surface area contributed by atoms with Crippen molar-refractivity contribution in [2.45, 2.75) is 32.8 Å². The lowest BCUT2D eigenvalue weighted by Crippen LogP contribution is -2.26. The number of hydrogen-bond acceptors (Lipinski definition) is 4. The van der Waals surface area contributed by atoms with Gasteiger partial charge < -0.3 is 14.5 Å². The first-order valence-electron chi connectivity index (χ1n) is 9.06. The maximum Gasteiger partial charge on any atom is 0.137 e. The molecule has 134 valence electrons. The van der Waals surface area contributed by atoms with Crippen LogP contribution in [-0.4, -0.2) is 29.3 Å². The second-order valence-corrected chi connectivity index (χ2v) is 5.85. The molecular weight excluding hydrogens is 326 g/mol.